The van der Waals surface area contributed by atoms with Gasteiger partial charge in [0.25, 0.3) is 0 Å². The minimum absolute atomic E-state index is 0.239. The third-order valence-electron chi connectivity index (χ3n) is 5.39. The molecule has 0 bridgehead atoms. The standard InChI is InChI=1S/C27H26ClN3O/c1-20(23-11-13-25(28)14-12-23)30-15-21-7-9-24(10-8-21)26-16-29-19-31-27(26)18-32-17-22-5-3-2-4-6-22/h2-14,16,19-20,30H,15,17-18H2,1H3. The molecule has 5 heteroatoms. The van der Waals surface area contributed by atoms with Crippen LogP contribution < -0.4 is 5.32 Å². The molecule has 0 aliphatic rings. The molecule has 1 N–H and O–H groups in total. The molecule has 4 aromatic rings. The summed E-state index contributed by atoms with van der Waals surface area (Å²) in [4.78, 5) is 8.67. The second kappa shape index (κ2) is 11.0. The summed E-state index contributed by atoms with van der Waals surface area (Å²) in [5.74, 6) is 0. The van der Waals surface area contributed by atoms with Crippen LogP contribution in [0.25, 0.3) is 11.1 Å². The molecule has 0 spiro atoms. The average molecular weight is 444 g/mol. The summed E-state index contributed by atoms with van der Waals surface area (Å²) in [6.45, 7) is 3.93. The second-order valence-corrected chi connectivity index (χ2v) is 8.15. The lowest BCUT2D eigenvalue weighted by molar-refractivity contribution is 0.105. The third-order valence-corrected chi connectivity index (χ3v) is 5.64. The zero-order chi connectivity index (χ0) is 22.2. The fraction of sp³-hybridized carbons (Fsp3) is 0.185. The van der Waals surface area contributed by atoms with E-state index in [2.05, 4.69) is 70.7 Å². The molecule has 0 saturated carbocycles. The molecule has 32 heavy (non-hydrogen) atoms. The number of benzene rings is 3. The van der Waals surface area contributed by atoms with E-state index in [1.54, 1.807) is 6.33 Å². The van der Waals surface area contributed by atoms with E-state index in [-0.39, 0.29) is 6.04 Å². The fourth-order valence-corrected chi connectivity index (χ4v) is 3.62. The SMILES string of the molecule is CC(NCc1ccc(-c2cncnc2COCc2ccccc2)cc1)c1ccc(Cl)cc1. The molecule has 1 unspecified atom stereocenters. The van der Waals surface area contributed by atoms with Gasteiger partial charge in [-0.3, -0.25) is 0 Å². The number of nitrogens with one attached hydrogen (secondary N) is 1. The van der Waals surface area contributed by atoms with Crippen molar-refractivity contribution in [2.75, 3.05) is 0 Å². The molecular formula is C27H26ClN3O. The van der Waals surface area contributed by atoms with Crippen molar-refractivity contribution in [3.63, 3.8) is 0 Å². The van der Waals surface area contributed by atoms with E-state index in [1.807, 2.05) is 36.5 Å². The maximum absolute atomic E-state index is 5.98. The van der Waals surface area contributed by atoms with Gasteiger partial charge in [0.15, 0.2) is 0 Å². The van der Waals surface area contributed by atoms with Gasteiger partial charge in [0.1, 0.15) is 6.33 Å². The van der Waals surface area contributed by atoms with Gasteiger partial charge >= 0.3 is 0 Å². The molecule has 0 fully saturated rings. The van der Waals surface area contributed by atoms with Gasteiger partial charge < -0.3 is 10.1 Å². The predicted molar refractivity (Wildman–Crippen MR) is 129 cm³/mol. The van der Waals surface area contributed by atoms with E-state index in [1.165, 1.54) is 11.1 Å². The molecule has 0 aliphatic carbocycles. The molecule has 3 aromatic carbocycles. The highest BCUT2D eigenvalue weighted by Crippen LogP contribution is 2.23. The van der Waals surface area contributed by atoms with Gasteiger partial charge in [0.05, 0.1) is 18.9 Å². The summed E-state index contributed by atoms with van der Waals surface area (Å²) in [5, 5.41) is 4.32. The highest BCUT2D eigenvalue weighted by molar-refractivity contribution is 6.30. The van der Waals surface area contributed by atoms with Crippen molar-refractivity contribution in [2.45, 2.75) is 32.7 Å². The maximum Gasteiger partial charge on any atom is 0.115 e. The monoisotopic (exact) mass is 443 g/mol. The van der Waals surface area contributed by atoms with E-state index in [4.69, 9.17) is 16.3 Å². The summed E-state index contributed by atoms with van der Waals surface area (Å²) < 4.78 is 5.90. The molecule has 4 nitrogen and oxygen atoms in total. The maximum atomic E-state index is 5.98. The number of hydrogen-bond acceptors (Lipinski definition) is 4. The van der Waals surface area contributed by atoms with Crippen LogP contribution >= 0.6 is 11.6 Å². The van der Waals surface area contributed by atoms with Crippen LogP contribution in [0.15, 0.2) is 91.4 Å². The minimum Gasteiger partial charge on any atom is -0.370 e. The quantitative estimate of drug-likeness (QED) is 0.326. The average Bonchev–Trinajstić information content (AvgIpc) is 2.84. The van der Waals surface area contributed by atoms with Gasteiger partial charge in [-0.1, -0.05) is 78.3 Å². The van der Waals surface area contributed by atoms with Gasteiger partial charge in [0.2, 0.25) is 0 Å². The molecule has 1 heterocycles. The molecule has 1 atom stereocenters. The largest absolute Gasteiger partial charge is 0.370 e. The fourth-order valence-electron chi connectivity index (χ4n) is 3.49. The lowest BCUT2D eigenvalue weighted by Crippen LogP contribution is -2.17. The Morgan fingerprint density at radius 2 is 1.62 bits per heavy atom. The first-order chi connectivity index (χ1) is 15.7. The van der Waals surface area contributed by atoms with Crippen molar-refractivity contribution in [1.29, 1.82) is 0 Å². The number of ether oxygens (including phenoxy) is 1. The summed E-state index contributed by atoms with van der Waals surface area (Å²) in [5.41, 5.74) is 6.54. The van der Waals surface area contributed by atoms with E-state index in [0.29, 0.717) is 13.2 Å². The first kappa shape index (κ1) is 22.2. The van der Waals surface area contributed by atoms with Gasteiger partial charge in [-0.2, -0.15) is 0 Å². The van der Waals surface area contributed by atoms with Crippen LogP contribution in [0, 0.1) is 0 Å². The first-order valence-electron chi connectivity index (χ1n) is 10.7. The Hall–Kier alpha value is -3.05. The van der Waals surface area contributed by atoms with E-state index in [9.17, 15) is 0 Å². The predicted octanol–water partition coefficient (Wildman–Crippen LogP) is 6.36. The van der Waals surface area contributed by atoms with Crippen molar-refractivity contribution < 1.29 is 4.74 Å². The van der Waals surface area contributed by atoms with E-state index in [0.717, 1.165) is 34.0 Å². The summed E-state index contributed by atoms with van der Waals surface area (Å²) in [6, 6.07) is 26.8. The topological polar surface area (TPSA) is 47.0 Å². The molecule has 0 aliphatic heterocycles. The Labute approximate surface area is 194 Å². The molecule has 162 valence electrons. The van der Waals surface area contributed by atoms with Crippen LogP contribution in [-0.2, 0) is 24.5 Å². The molecule has 4 rings (SSSR count). The number of hydrogen-bond donors (Lipinski definition) is 1. The number of rotatable bonds is 9. The van der Waals surface area contributed by atoms with Gasteiger partial charge in [-0.25, -0.2) is 9.97 Å². The summed E-state index contributed by atoms with van der Waals surface area (Å²) in [7, 11) is 0. The van der Waals surface area contributed by atoms with Gasteiger partial charge in [-0.15, -0.1) is 0 Å². The Morgan fingerprint density at radius 3 is 2.38 bits per heavy atom. The molecule has 0 saturated heterocycles. The lowest BCUT2D eigenvalue weighted by Gasteiger charge is -2.15. The molecule has 0 radical (unpaired) electrons. The number of halogens is 1. The summed E-state index contributed by atoms with van der Waals surface area (Å²) in [6.07, 6.45) is 3.42. The first-order valence-corrected chi connectivity index (χ1v) is 11.1. The Kier molecular flexibility index (Phi) is 7.62. The number of aromatic nitrogens is 2. The van der Waals surface area contributed by atoms with Crippen LogP contribution in [0.3, 0.4) is 0 Å². The van der Waals surface area contributed by atoms with Crippen LogP contribution in [0.2, 0.25) is 5.02 Å². The Balaban J connectivity index is 1.36. The highest BCUT2D eigenvalue weighted by atomic mass is 35.5. The van der Waals surface area contributed by atoms with Crippen LogP contribution in [0.5, 0.6) is 0 Å². The van der Waals surface area contributed by atoms with Crippen LogP contribution in [0.4, 0.5) is 0 Å². The van der Waals surface area contributed by atoms with Gasteiger partial charge in [0, 0.05) is 29.4 Å². The van der Waals surface area contributed by atoms with Gasteiger partial charge in [-0.05, 0) is 41.3 Å². The van der Waals surface area contributed by atoms with E-state index < -0.39 is 0 Å². The smallest absolute Gasteiger partial charge is 0.115 e. The van der Waals surface area contributed by atoms with Crippen molar-refractivity contribution in [3.05, 3.63) is 119 Å². The summed E-state index contributed by atoms with van der Waals surface area (Å²) >= 11 is 5.98. The Morgan fingerprint density at radius 1 is 0.875 bits per heavy atom. The van der Waals surface area contributed by atoms with E-state index >= 15 is 0 Å². The van der Waals surface area contributed by atoms with Crippen LogP contribution in [0.1, 0.15) is 35.3 Å². The van der Waals surface area contributed by atoms with Crippen molar-refractivity contribution in [3.8, 4) is 11.1 Å². The third kappa shape index (κ3) is 6.01. The zero-order valence-electron chi connectivity index (χ0n) is 18.0. The van der Waals surface area contributed by atoms with Crippen LogP contribution in [-0.4, -0.2) is 9.97 Å². The molecular weight excluding hydrogens is 418 g/mol. The molecule has 1 aromatic heterocycles. The van der Waals surface area contributed by atoms with Crippen molar-refractivity contribution in [2.24, 2.45) is 0 Å². The molecule has 0 amide bonds. The van der Waals surface area contributed by atoms with Crippen molar-refractivity contribution >= 4 is 11.6 Å². The second-order valence-electron chi connectivity index (χ2n) is 7.71. The highest BCUT2D eigenvalue weighted by Gasteiger charge is 2.09. The minimum atomic E-state index is 0.239. The Bertz CT molecular complexity index is 1120. The number of nitrogens with zero attached hydrogens (tertiary/aromatic N) is 2. The van der Waals surface area contributed by atoms with Crippen molar-refractivity contribution in [1.82, 2.24) is 15.3 Å². The zero-order valence-corrected chi connectivity index (χ0v) is 18.8. The normalized spacial score (nSPS) is 11.9. The lowest BCUT2D eigenvalue weighted by atomic mass is 10.0.